The van der Waals surface area contributed by atoms with Gasteiger partial charge in [0.1, 0.15) is 34.9 Å². The lowest BCUT2D eigenvalue weighted by molar-refractivity contribution is -0.157. The predicted octanol–water partition coefficient (Wildman–Crippen LogP) is 2.73. The molecule has 1 aromatic carbocycles. The summed E-state index contributed by atoms with van der Waals surface area (Å²) in [7, 11) is 0. The fraction of sp³-hybridized carbons (Fsp3) is 0.556. The SMILES string of the molecule is CC(C(=O)OC1CCc2ccc(CCCNC(=O)C3(O)CCN(C(C(=O)O)c4ccccc4)CC3)nc2N1)N1CCC(O)(C(=O)NCCCc2ccc3c(n2)NCCC3)CC1. The maximum Gasteiger partial charge on any atom is 0.325 e. The number of fused-ring (bicyclic) bond motifs is 2. The highest BCUT2D eigenvalue weighted by Crippen LogP contribution is 2.31. The maximum absolute atomic E-state index is 13.3. The van der Waals surface area contributed by atoms with Gasteiger partial charge in [-0.05, 0) is 106 Å². The van der Waals surface area contributed by atoms with Crippen molar-refractivity contribution < 1.29 is 39.2 Å². The first-order valence-electron chi connectivity index (χ1n) is 21.9. The molecule has 0 bridgehead atoms. The van der Waals surface area contributed by atoms with Crippen molar-refractivity contribution in [2.45, 2.75) is 113 Å². The van der Waals surface area contributed by atoms with Crippen molar-refractivity contribution in [3.05, 3.63) is 82.7 Å². The van der Waals surface area contributed by atoms with E-state index < -0.39 is 41.4 Å². The van der Waals surface area contributed by atoms with Gasteiger partial charge in [0.2, 0.25) is 0 Å². The number of pyridine rings is 2. The fourth-order valence-electron chi connectivity index (χ4n) is 8.79. The molecule has 0 saturated carbocycles. The van der Waals surface area contributed by atoms with Crippen molar-refractivity contribution in [2.75, 3.05) is 56.4 Å². The monoisotopic (exact) mass is 840 g/mol. The number of carboxylic acid groups (broad SMARTS) is 1. The molecule has 2 saturated heterocycles. The van der Waals surface area contributed by atoms with Gasteiger partial charge in [0.25, 0.3) is 11.8 Å². The lowest BCUT2D eigenvalue weighted by atomic mass is 9.89. The molecular formula is C45H60N8O8. The molecule has 2 amide bonds. The van der Waals surface area contributed by atoms with Crippen LogP contribution in [0.3, 0.4) is 0 Å². The summed E-state index contributed by atoms with van der Waals surface area (Å²) in [6.07, 6.45) is 6.14. The first-order valence-corrected chi connectivity index (χ1v) is 21.9. The number of carboxylic acids is 1. The first-order chi connectivity index (χ1) is 29.4. The van der Waals surface area contributed by atoms with Crippen LogP contribution in [0.5, 0.6) is 0 Å². The number of aliphatic carboxylic acids is 1. The fourth-order valence-corrected chi connectivity index (χ4v) is 8.79. The zero-order valence-corrected chi connectivity index (χ0v) is 35.0. The van der Waals surface area contributed by atoms with Crippen molar-refractivity contribution >= 4 is 35.4 Å². The summed E-state index contributed by atoms with van der Waals surface area (Å²) in [6, 6.07) is 15.7. The molecule has 7 N–H and O–H groups in total. The number of benzene rings is 1. The number of nitrogens with one attached hydrogen (secondary N) is 4. The van der Waals surface area contributed by atoms with Gasteiger partial charge in [-0.2, -0.15) is 0 Å². The van der Waals surface area contributed by atoms with Gasteiger partial charge in [-0.1, -0.05) is 42.5 Å². The van der Waals surface area contributed by atoms with Crippen molar-refractivity contribution in [2.24, 2.45) is 0 Å². The second kappa shape index (κ2) is 19.7. The minimum Gasteiger partial charge on any atom is -0.480 e. The van der Waals surface area contributed by atoms with Crippen molar-refractivity contribution in [1.29, 1.82) is 0 Å². The van der Waals surface area contributed by atoms with E-state index in [0.717, 1.165) is 48.6 Å². The highest BCUT2D eigenvalue weighted by molar-refractivity contribution is 5.85. The van der Waals surface area contributed by atoms with Crippen LogP contribution in [-0.2, 0) is 49.6 Å². The van der Waals surface area contributed by atoms with E-state index in [4.69, 9.17) is 14.7 Å². The van der Waals surface area contributed by atoms with Gasteiger partial charge in [-0.25, -0.2) is 9.97 Å². The second-order valence-electron chi connectivity index (χ2n) is 16.9. The van der Waals surface area contributed by atoms with Gasteiger partial charge in [-0.3, -0.25) is 29.0 Å². The molecule has 16 nitrogen and oxygen atoms in total. The van der Waals surface area contributed by atoms with Gasteiger partial charge >= 0.3 is 11.9 Å². The van der Waals surface area contributed by atoms with Crippen molar-refractivity contribution in [1.82, 2.24) is 30.4 Å². The molecule has 3 atom stereocenters. The molecule has 6 heterocycles. The van der Waals surface area contributed by atoms with Crippen LogP contribution < -0.4 is 21.3 Å². The minimum atomic E-state index is -1.57. The Morgan fingerprint density at radius 2 is 1.34 bits per heavy atom. The van der Waals surface area contributed by atoms with E-state index in [-0.39, 0.29) is 50.6 Å². The van der Waals surface area contributed by atoms with Crippen LogP contribution in [0.4, 0.5) is 11.6 Å². The number of piperidine rings is 2. The Morgan fingerprint density at radius 3 is 1.93 bits per heavy atom. The highest BCUT2D eigenvalue weighted by Gasteiger charge is 2.43. The number of amides is 2. The highest BCUT2D eigenvalue weighted by atomic mass is 16.6. The number of ether oxygens (including phenoxy) is 1. The quantitative estimate of drug-likeness (QED) is 0.0816. The Labute approximate surface area is 356 Å². The standard InChI is InChI=1S/C45H60N8O8/c1-30(52-26-19-44(59,20-27-52)42(57)47-24-6-11-34-16-13-32-10-5-23-46-38(32)49-34)41(56)61-36-18-15-33-14-17-35(50-39(33)51-36)12-7-25-48-43(58)45(60)21-28-53(29-22-45)37(40(54)55)31-8-3-2-4-9-31/h2-4,8-9,13-14,16-17,30,36-37,59-60H,5-7,10-12,15,18-29H2,1H3,(H,46,49)(H,47,57)(H,48,58)(H,50,51)(H,54,55). The van der Waals surface area contributed by atoms with Gasteiger partial charge in [0, 0.05) is 63.6 Å². The van der Waals surface area contributed by atoms with Crippen LogP contribution in [0.15, 0.2) is 54.6 Å². The number of hydrogen-bond acceptors (Lipinski definition) is 13. The third kappa shape index (κ3) is 10.8. The zero-order valence-electron chi connectivity index (χ0n) is 35.0. The van der Waals surface area contributed by atoms with E-state index in [9.17, 15) is 34.5 Å². The maximum atomic E-state index is 13.3. The minimum absolute atomic E-state index is 0.131. The Bertz CT molecular complexity index is 2020. The Balaban J connectivity index is 0.796. The number of carbonyl (C=O) groups is 4. The Kier molecular flexibility index (Phi) is 14.2. The van der Waals surface area contributed by atoms with E-state index in [1.165, 1.54) is 5.56 Å². The lowest BCUT2D eigenvalue weighted by Gasteiger charge is -2.39. The summed E-state index contributed by atoms with van der Waals surface area (Å²) >= 11 is 0. The predicted molar refractivity (Wildman–Crippen MR) is 228 cm³/mol. The number of rotatable bonds is 16. The molecule has 2 aromatic heterocycles. The number of likely N-dealkylation sites (tertiary alicyclic amines) is 2. The van der Waals surface area contributed by atoms with Gasteiger partial charge in [0.05, 0.1) is 0 Å². The molecule has 0 radical (unpaired) electrons. The van der Waals surface area contributed by atoms with E-state index in [1.807, 2.05) is 29.2 Å². The van der Waals surface area contributed by atoms with Crippen molar-refractivity contribution in [3.63, 3.8) is 0 Å². The summed E-state index contributed by atoms with van der Waals surface area (Å²) in [5.74, 6) is -0.585. The van der Waals surface area contributed by atoms with Crippen LogP contribution >= 0.6 is 0 Å². The van der Waals surface area contributed by atoms with Crippen molar-refractivity contribution in [3.8, 4) is 0 Å². The molecule has 0 spiro atoms. The number of hydrogen-bond donors (Lipinski definition) is 7. The number of aromatic nitrogens is 2. The summed E-state index contributed by atoms with van der Waals surface area (Å²) in [5, 5.41) is 44.6. The summed E-state index contributed by atoms with van der Waals surface area (Å²) in [4.78, 5) is 64.7. The summed E-state index contributed by atoms with van der Waals surface area (Å²) in [6.45, 7) is 4.78. The average Bonchev–Trinajstić information content (AvgIpc) is 3.27. The molecule has 16 heteroatoms. The number of aliphatic hydroxyl groups is 2. The Morgan fingerprint density at radius 1 is 0.787 bits per heavy atom. The normalized spacial score (nSPS) is 20.7. The third-order valence-corrected chi connectivity index (χ3v) is 12.7. The van der Waals surface area contributed by atoms with Gasteiger partial charge in [0.15, 0.2) is 6.23 Å². The molecule has 328 valence electrons. The average molecular weight is 841 g/mol. The largest absolute Gasteiger partial charge is 0.480 e. The molecule has 3 unspecified atom stereocenters. The van der Waals surface area contributed by atoms with Gasteiger partial charge in [-0.15, -0.1) is 0 Å². The zero-order chi connectivity index (χ0) is 43.0. The number of aryl methyl sites for hydroxylation is 4. The van der Waals surface area contributed by atoms with E-state index >= 15 is 0 Å². The molecule has 2 fully saturated rings. The van der Waals surface area contributed by atoms with Crippen LogP contribution in [0.1, 0.15) is 92.4 Å². The number of anilines is 2. The van der Waals surface area contributed by atoms with E-state index in [2.05, 4.69) is 27.3 Å². The van der Waals surface area contributed by atoms with Crippen LogP contribution in [0.25, 0.3) is 0 Å². The van der Waals surface area contributed by atoms with Crippen LogP contribution in [-0.4, -0.2) is 128 Å². The molecule has 4 aliphatic rings. The molecule has 61 heavy (non-hydrogen) atoms. The smallest absolute Gasteiger partial charge is 0.325 e. The van der Waals surface area contributed by atoms with E-state index in [1.54, 1.807) is 36.1 Å². The first kappa shape index (κ1) is 43.9. The molecule has 0 aliphatic carbocycles. The van der Waals surface area contributed by atoms with Crippen LogP contribution in [0.2, 0.25) is 0 Å². The second-order valence-corrected chi connectivity index (χ2v) is 16.9. The number of nitrogens with zero attached hydrogens (tertiary/aromatic N) is 4. The molecule has 3 aromatic rings. The summed E-state index contributed by atoms with van der Waals surface area (Å²) < 4.78 is 5.90. The number of esters is 1. The molecular weight excluding hydrogens is 781 g/mol. The summed E-state index contributed by atoms with van der Waals surface area (Å²) in [5.41, 5.74) is 1.65. The third-order valence-electron chi connectivity index (χ3n) is 12.7. The molecule has 7 rings (SSSR count). The Hall–Kier alpha value is -5.16. The van der Waals surface area contributed by atoms with Crippen LogP contribution in [0, 0.1) is 0 Å². The van der Waals surface area contributed by atoms with E-state index in [0.29, 0.717) is 69.7 Å². The molecule has 4 aliphatic heterocycles. The lowest BCUT2D eigenvalue weighted by Crippen LogP contribution is -2.56. The van der Waals surface area contributed by atoms with Gasteiger partial charge < -0.3 is 41.3 Å². The number of carbonyl (C=O) groups excluding carboxylic acids is 3. The topological polar surface area (TPSA) is 219 Å².